The van der Waals surface area contributed by atoms with Crippen molar-refractivity contribution in [3.8, 4) is 0 Å². The summed E-state index contributed by atoms with van der Waals surface area (Å²) in [6, 6.07) is -0.559. The van der Waals surface area contributed by atoms with E-state index in [1.54, 1.807) is 0 Å². The molecule has 0 aromatic heterocycles. The zero-order chi connectivity index (χ0) is 48.6. The first-order valence-electron chi connectivity index (χ1n) is 30.4. The normalized spacial score (nSPS) is 12.6. The van der Waals surface area contributed by atoms with Crippen LogP contribution in [0.4, 0.5) is 0 Å². The summed E-state index contributed by atoms with van der Waals surface area (Å²) in [5, 5.41) is 23.3. The summed E-state index contributed by atoms with van der Waals surface area (Å²) < 4.78 is 5.48. The summed E-state index contributed by atoms with van der Waals surface area (Å²) in [4.78, 5) is 24.6. The molecule has 1 amide bonds. The Morgan fingerprint density at radius 3 is 1.06 bits per heavy atom. The van der Waals surface area contributed by atoms with Crippen molar-refractivity contribution in [2.75, 3.05) is 13.2 Å². The van der Waals surface area contributed by atoms with Crippen LogP contribution < -0.4 is 5.32 Å². The molecule has 0 saturated heterocycles. The van der Waals surface area contributed by atoms with E-state index in [4.69, 9.17) is 4.74 Å². The summed E-state index contributed by atoms with van der Waals surface area (Å²) in [6.45, 7) is 4.93. The molecule has 0 aromatic rings. The van der Waals surface area contributed by atoms with Crippen LogP contribution >= 0.6 is 0 Å². The van der Waals surface area contributed by atoms with E-state index in [0.29, 0.717) is 25.9 Å². The first-order chi connectivity index (χ1) is 33.0. The third-order valence-corrected chi connectivity index (χ3v) is 14.3. The van der Waals surface area contributed by atoms with Gasteiger partial charge in [0.15, 0.2) is 0 Å². The third kappa shape index (κ3) is 53.8. The summed E-state index contributed by atoms with van der Waals surface area (Å²) in [5.41, 5.74) is 0. The molecule has 3 N–H and O–H groups in total. The second kappa shape index (κ2) is 57.2. The van der Waals surface area contributed by atoms with Crippen molar-refractivity contribution in [1.29, 1.82) is 0 Å². The van der Waals surface area contributed by atoms with Crippen molar-refractivity contribution >= 4 is 11.9 Å². The van der Waals surface area contributed by atoms with Crippen molar-refractivity contribution < 1.29 is 24.5 Å². The van der Waals surface area contributed by atoms with E-state index in [0.717, 1.165) is 57.8 Å². The van der Waals surface area contributed by atoms with E-state index < -0.39 is 12.1 Å². The van der Waals surface area contributed by atoms with E-state index in [-0.39, 0.29) is 18.5 Å². The van der Waals surface area contributed by atoms with E-state index in [2.05, 4.69) is 31.3 Å². The minimum Gasteiger partial charge on any atom is -0.466 e. The largest absolute Gasteiger partial charge is 0.466 e. The minimum atomic E-state index is -0.680. The Balaban J connectivity index is 3.45. The van der Waals surface area contributed by atoms with Crippen LogP contribution in [-0.4, -0.2) is 47.4 Å². The topological polar surface area (TPSA) is 95.9 Å². The Morgan fingerprint density at radius 2 is 0.701 bits per heavy atom. The molecule has 0 spiro atoms. The highest BCUT2D eigenvalue weighted by atomic mass is 16.5. The van der Waals surface area contributed by atoms with Gasteiger partial charge in [-0.2, -0.15) is 0 Å². The van der Waals surface area contributed by atoms with Gasteiger partial charge in [-0.25, -0.2) is 0 Å². The third-order valence-electron chi connectivity index (χ3n) is 14.3. The van der Waals surface area contributed by atoms with Gasteiger partial charge in [0.1, 0.15) is 0 Å². The second-order valence-corrected chi connectivity index (χ2v) is 21.0. The maximum atomic E-state index is 12.5. The molecule has 0 heterocycles. The van der Waals surface area contributed by atoms with Gasteiger partial charge in [0.05, 0.1) is 25.4 Å². The number of carbonyl (C=O) groups excluding carboxylic acids is 2. The van der Waals surface area contributed by atoms with Crippen molar-refractivity contribution in [3.63, 3.8) is 0 Å². The van der Waals surface area contributed by atoms with Crippen LogP contribution in [0.5, 0.6) is 0 Å². The first kappa shape index (κ1) is 65.6. The number of aliphatic hydroxyl groups is 2. The Labute approximate surface area is 419 Å². The molecule has 0 aromatic carbocycles. The molecule has 0 radical (unpaired) electrons. The number of allylic oxidation sites excluding steroid dienone is 2. The van der Waals surface area contributed by atoms with Gasteiger partial charge in [-0.1, -0.05) is 289 Å². The summed E-state index contributed by atoms with van der Waals surface area (Å²) in [7, 11) is 0. The van der Waals surface area contributed by atoms with Gasteiger partial charge in [-0.05, 0) is 51.4 Å². The predicted octanol–water partition coefficient (Wildman–Crippen LogP) is 18.9. The molecule has 0 aliphatic heterocycles. The number of carbonyl (C=O) groups is 2. The highest BCUT2D eigenvalue weighted by Gasteiger charge is 2.20. The van der Waals surface area contributed by atoms with Gasteiger partial charge in [0.2, 0.25) is 5.91 Å². The molecule has 398 valence electrons. The average molecular weight is 947 g/mol. The number of hydrogen-bond acceptors (Lipinski definition) is 5. The Hall–Kier alpha value is -1.40. The molecule has 0 saturated carbocycles. The molecule has 2 atom stereocenters. The van der Waals surface area contributed by atoms with Crippen LogP contribution in [0.3, 0.4) is 0 Å². The quantitative estimate of drug-likeness (QED) is 0.0321. The molecule has 67 heavy (non-hydrogen) atoms. The Morgan fingerprint density at radius 1 is 0.403 bits per heavy atom. The minimum absolute atomic E-state index is 0.0203. The van der Waals surface area contributed by atoms with E-state index >= 15 is 0 Å². The zero-order valence-electron chi connectivity index (χ0n) is 45.4. The number of rotatable bonds is 57. The zero-order valence-corrected chi connectivity index (χ0v) is 45.4. The van der Waals surface area contributed by atoms with Gasteiger partial charge >= 0.3 is 5.97 Å². The number of nitrogens with one attached hydrogen (secondary N) is 1. The Bertz CT molecular complexity index is 1000. The lowest BCUT2D eigenvalue weighted by Crippen LogP contribution is -2.45. The first-order valence-corrected chi connectivity index (χ1v) is 30.4. The maximum Gasteiger partial charge on any atom is 0.305 e. The lowest BCUT2D eigenvalue weighted by atomic mass is 10.0. The van der Waals surface area contributed by atoms with E-state index in [1.807, 2.05) is 0 Å². The van der Waals surface area contributed by atoms with Crippen LogP contribution in [0.15, 0.2) is 12.2 Å². The van der Waals surface area contributed by atoms with Crippen LogP contribution in [0.1, 0.15) is 341 Å². The Kier molecular flexibility index (Phi) is 56.0. The van der Waals surface area contributed by atoms with Crippen LogP contribution in [0.2, 0.25) is 0 Å². The van der Waals surface area contributed by atoms with Crippen LogP contribution in [0, 0.1) is 0 Å². The van der Waals surface area contributed by atoms with Crippen LogP contribution in [0.25, 0.3) is 0 Å². The lowest BCUT2D eigenvalue weighted by molar-refractivity contribution is -0.143. The van der Waals surface area contributed by atoms with Crippen molar-refractivity contribution in [3.05, 3.63) is 12.2 Å². The molecular weight excluding hydrogens is 827 g/mol. The van der Waals surface area contributed by atoms with Crippen molar-refractivity contribution in [2.24, 2.45) is 0 Å². The SMILES string of the molecule is CCCCCCCCC/C=C\CCCCCCCCCC(=O)OCCCCCCCCCCCCC(=O)NC(CO)C(O)CCCCCCCCCCCCCCCCCCCCCCCC. The average Bonchev–Trinajstić information content (AvgIpc) is 3.33. The standard InChI is InChI=1S/C61H119NO5/c1-3-5-7-9-11-13-15-17-19-21-23-24-25-26-27-29-31-33-37-41-45-49-53-59(64)58(57-63)62-60(65)54-50-46-42-38-35-36-40-44-48-52-56-67-61(66)55-51-47-43-39-34-32-30-28-22-20-18-16-14-12-10-8-6-4-2/h20,22,58-59,63-64H,3-19,21,23-57H2,1-2H3,(H,62,65)/b22-20-. The lowest BCUT2D eigenvalue weighted by Gasteiger charge is -2.22. The molecule has 0 aliphatic carbocycles. The molecule has 2 unspecified atom stereocenters. The highest BCUT2D eigenvalue weighted by Crippen LogP contribution is 2.18. The smallest absolute Gasteiger partial charge is 0.305 e. The fourth-order valence-electron chi connectivity index (χ4n) is 9.64. The number of hydrogen-bond donors (Lipinski definition) is 3. The maximum absolute atomic E-state index is 12.5. The van der Waals surface area contributed by atoms with E-state index in [1.165, 1.54) is 250 Å². The number of ether oxygens (including phenoxy) is 1. The van der Waals surface area contributed by atoms with Crippen molar-refractivity contribution in [1.82, 2.24) is 5.32 Å². The van der Waals surface area contributed by atoms with E-state index in [9.17, 15) is 19.8 Å². The molecule has 6 nitrogen and oxygen atoms in total. The molecular formula is C61H119NO5. The highest BCUT2D eigenvalue weighted by molar-refractivity contribution is 5.76. The molecule has 0 fully saturated rings. The second-order valence-electron chi connectivity index (χ2n) is 21.0. The van der Waals surface area contributed by atoms with Gasteiger partial charge in [0, 0.05) is 12.8 Å². The fraction of sp³-hybridized carbons (Fsp3) is 0.934. The number of unbranched alkanes of at least 4 members (excludes halogenated alkanes) is 44. The number of amides is 1. The summed E-state index contributed by atoms with van der Waals surface area (Å²) in [5.74, 6) is -0.0742. The molecule has 0 rings (SSSR count). The van der Waals surface area contributed by atoms with Crippen molar-refractivity contribution in [2.45, 2.75) is 353 Å². The van der Waals surface area contributed by atoms with Gasteiger partial charge < -0.3 is 20.3 Å². The van der Waals surface area contributed by atoms with Gasteiger partial charge in [-0.3, -0.25) is 9.59 Å². The van der Waals surface area contributed by atoms with Gasteiger partial charge in [-0.15, -0.1) is 0 Å². The fourth-order valence-corrected chi connectivity index (χ4v) is 9.64. The number of esters is 1. The summed E-state index contributed by atoms with van der Waals surface area (Å²) in [6.07, 6.45) is 67.8. The predicted molar refractivity (Wildman–Crippen MR) is 292 cm³/mol. The number of aliphatic hydroxyl groups excluding tert-OH is 2. The molecule has 0 bridgehead atoms. The molecule has 6 heteroatoms. The van der Waals surface area contributed by atoms with Gasteiger partial charge in [0.25, 0.3) is 0 Å². The molecule has 0 aliphatic rings. The summed E-state index contributed by atoms with van der Waals surface area (Å²) >= 11 is 0. The monoisotopic (exact) mass is 946 g/mol. The van der Waals surface area contributed by atoms with Crippen LogP contribution in [-0.2, 0) is 14.3 Å².